The number of aliphatic hydroxyl groups is 1. The minimum absolute atomic E-state index is 0.0987. The molecule has 3 heteroatoms. The van der Waals surface area contributed by atoms with Crippen molar-refractivity contribution in [3.63, 3.8) is 0 Å². The molecule has 0 aliphatic rings. The van der Waals surface area contributed by atoms with Crippen LogP contribution in [0.3, 0.4) is 0 Å². The van der Waals surface area contributed by atoms with Gasteiger partial charge in [0.2, 0.25) is 0 Å². The zero-order valence-electron chi connectivity index (χ0n) is 7.45. The Balaban J connectivity index is 2.74. The van der Waals surface area contributed by atoms with Crippen molar-refractivity contribution in [3.8, 4) is 0 Å². The number of hydrogen-bond acceptors (Lipinski definition) is 3. The molecule has 1 aromatic rings. The molecular formula is C9H15NOS. The van der Waals surface area contributed by atoms with Gasteiger partial charge in [0.05, 0.1) is 6.61 Å². The van der Waals surface area contributed by atoms with Crippen LogP contribution in [0, 0.1) is 5.92 Å². The van der Waals surface area contributed by atoms with Crippen molar-refractivity contribution in [2.75, 3.05) is 0 Å². The molecule has 1 unspecified atom stereocenters. The van der Waals surface area contributed by atoms with Crippen molar-refractivity contribution in [1.82, 2.24) is 0 Å². The molecular weight excluding hydrogens is 170 g/mol. The van der Waals surface area contributed by atoms with E-state index in [9.17, 15) is 0 Å². The van der Waals surface area contributed by atoms with Crippen molar-refractivity contribution >= 4 is 11.3 Å². The van der Waals surface area contributed by atoms with Crippen LogP contribution in [0.25, 0.3) is 0 Å². The van der Waals surface area contributed by atoms with Gasteiger partial charge in [-0.2, -0.15) is 0 Å². The third-order valence-corrected chi connectivity index (χ3v) is 2.87. The molecule has 12 heavy (non-hydrogen) atoms. The SMILES string of the molecule is CC(C)C(N)c1csc(CO)c1. The average molecular weight is 185 g/mol. The fourth-order valence-electron chi connectivity index (χ4n) is 1.04. The quantitative estimate of drug-likeness (QED) is 0.755. The molecule has 1 atom stereocenters. The van der Waals surface area contributed by atoms with Crippen molar-refractivity contribution in [2.24, 2.45) is 11.7 Å². The van der Waals surface area contributed by atoms with Crippen LogP contribution >= 0.6 is 11.3 Å². The summed E-state index contributed by atoms with van der Waals surface area (Å²) in [6.45, 7) is 4.32. The van der Waals surface area contributed by atoms with Gasteiger partial charge in [0.25, 0.3) is 0 Å². The molecule has 0 radical (unpaired) electrons. The van der Waals surface area contributed by atoms with Crippen molar-refractivity contribution in [2.45, 2.75) is 26.5 Å². The predicted octanol–water partition coefficient (Wildman–Crippen LogP) is 1.90. The van der Waals surface area contributed by atoms with Crippen LogP contribution in [0.4, 0.5) is 0 Å². The molecule has 0 amide bonds. The monoisotopic (exact) mass is 185 g/mol. The number of thiophene rings is 1. The second-order valence-electron chi connectivity index (χ2n) is 3.27. The van der Waals surface area contributed by atoms with Crippen LogP contribution in [-0.4, -0.2) is 5.11 Å². The highest BCUT2D eigenvalue weighted by Gasteiger charge is 2.11. The van der Waals surface area contributed by atoms with Crippen LogP contribution in [0.1, 0.15) is 30.3 Å². The number of nitrogens with two attached hydrogens (primary N) is 1. The molecule has 68 valence electrons. The van der Waals surface area contributed by atoms with E-state index in [2.05, 4.69) is 13.8 Å². The van der Waals surface area contributed by atoms with Gasteiger partial charge in [0, 0.05) is 10.9 Å². The Kier molecular flexibility index (Phi) is 3.26. The maximum absolute atomic E-state index is 8.84. The summed E-state index contributed by atoms with van der Waals surface area (Å²) in [6.07, 6.45) is 0. The van der Waals surface area contributed by atoms with Crippen molar-refractivity contribution in [1.29, 1.82) is 0 Å². The summed E-state index contributed by atoms with van der Waals surface area (Å²) in [5.74, 6) is 0.450. The van der Waals surface area contributed by atoms with E-state index in [0.29, 0.717) is 5.92 Å². The third-order valence-electron chi connectivity index (χ3n) is 1.93. The van der Waals surface area contributed by atoms with E-state index in [-0.39, 0.29) is 12.6 Å². The first-order valence-electron chi connectivity index (χ1n) is 4.09. The summed E-state index contributed by atoms with van der Waals surface area (Å²) >= 11 is 1.57. The second kappa shape index (κ2) is 4.03. The lowest BCUT2D eigenvalue weighted by Crippen LogP contribution is -2.15. The standard InChI is InChI=1S/C9H15NOS/c1-6(2)9(10)7-3-8(4-11)12-5-7/h3,5-6,9,11H,4,10H2,1-2H3. The summed E-state index contributed by atoms with van der Waals surface area (Å²) in [5, 5.41) is 10.9. The van der Waals surface area contributed by atoms with Gasteiger partial charge >= 0.3 is 0 Å². The molecule has 0 fully saturated rings. The molecule has 0 aromatic carbocycles. The van der Waals surface area contributed by atoms with E-state index >= 15 is 0 Å². The lowest BCUT2D eigenvalue weighted by Gasteiger charge is -2.13. The normalized spacial score (nSPS) is 13.8. The summed E-state index contributed by atoms with van der Waals surface area (Å²) < 4.78 is 0. The Morgan fingerprint density at radius 1 is 1.58 bits per heavy atom. The molecule has 0 aliphatic heterocycles. The molecule has 0 saturated carbocycles. The smallest absolute Gasteiger partial charge is 0.0774 e. The maximum atomic E-state index is 8.84. The lowest BCUT2D eigenvalue weighted by molar-refractivity contribution is 0.285. The fraction of sp³-hybridized carbons (Fsp3) is 0.556. The van der Waals surface area contributed by atoms with E-state index in [4.69, 9.17) is 10.8 Å². The molecule has 1 aromatic heterocycles. The summed E-state index contributed by atoms with van der Waals surface area (Å²) in [5.41, 5.74) is 7.07. The van der Waals surface area contributed by atoms with Crippen molar-refractivity contribution < 1.29 is 5.11 Å². The first-order chi connectivity index (χ1) is 5.65. The first kappa shape index (κ1) is 9.71. The highest BCUT2D eigenvalue weighted by molar-refractivity contribution is 7.10. The van der Waals surface area contributed by atoms with E-state index < -0.39 is 0 Å². The highest BCUT2D eigenvalue weighted by Crippen LogP contribution is 2.24. The van der Waals surface area contributed by atoms with Crippen molar-refractivity contribution in [3.05, 3.63) is 21.9 Å². The second-order valence-corrected chi connectivity index (χ2v) is 4.27. The minimum atomic E-state index is 0.0987. The molecule has 0 spiro atoms. The zero-order valence-corrected chi connectivity index (χ0v) is 8.27. The molecule has 0 bridgehead atoms. The molecule has 0 aliphatic carbocycles. The summed E-state index contributed by atoms with van der Waals surface area (Å²) in [7, 11) is 0. The Hall–Kier alpha value is -0.380. The van der Waals surface area contributed by atoms with Gasteiger partial charge in [-0.25, -0.2) is 0 Å². The van der Waals surface area contributed by atoms with E-state index in [1.807, 2.05) is 11.4 Å². The molecule has 0 saturated heterocycles. The molecule has 1 rings (SSSR count). The summed E-state index contributed by atoms with van der Waals surface area (Å²) in [4.78, 5) is 0.987. The van der Waals surface area contributed by atoms with Gasteiger partial charge in [-0.05, 0) is 22.9 Å². The van der Waals surface area contributed by atoms with Crippen LogP contribution in [0.2, 0.25) is 0 Å². The molecule has 3 N–H and O–H groups in total. The zero-order chi connectivity index (χ0) is 9.14. The summed E-state index contributed by atoms with van der Waals surface area (Å²) in [6, 6.07) is 2.08. The minimum Gasteiger partial charge on any atom is -0.391 e. The van der Waals surface area contributed by atoms with Gasteiger partial charge in [0.1, 0.15) is 0 Å². The fourth-order valence-corrected chi connectivity index (χ4v) is 1.83. The lowest BCUT2D eigenvalue weighted by atomic mass is 9.99. The number of hydrogen-bond donors (Lipinski definition) is 2. The van der Waals surface area contributed by atoms with Crippen LogP contribution in [0.5, 0.6) is 0 Å². The van der Waals surface area contributed by atoms with Crippen LogP contribution in [-0.2, 0) is 6.61 Å². The Bertz CT molecular complexity index is 244. The number of rotatable bonds is 3. The molecule has 2 nitrogen and oxygen atoms in total. The molecule has 1 heterocycles. The van der Waals surface area contributed by atoms with Gasteiger partial charge < -0.3 is 10.8 Å². The average Bonchev–Trinajstić information content (AvgIpc) is 2.50. The first-order valence-corrected chi connectivity index (χ1v) is 4.97. The van der Waals surface area contributed by atoms with E-state index in [0.717, 1.165) is 10.4 Å². The Morgan fingerprint density at radius 3 is 2.67 bits per heavy atom. The van der Waals surface area contributed by atoms with Gasteiger partial charge in [-0.3, -0.25) is 0 Å². The highest BCUT2D eigenvalue weighted by atomic mass is 32.1. The Morgan fingerprint density at radius 2 is 2.25 bits per heavy atom. The third kappa shape index (κ3) is 2.06. The number of aliphatic hydroxyl groups excluding tert-OH is 1. The van der Waals surface area contributed by atoms with E-state index in [1.165, 1.54) is 0 Å². The maximum Gasteiger partial charge on any atom is 0.0774 e. The predicted molar refractivity (Wildman–Crippen MR) is 52.0 cm³/mol. The van der Waals surface area contributed by atoms with Gasteiger partial charge in [0.15, 0.2) is 0 Å². The van der Waals surface area contributed by atoms with Crippen LogP contribution in [0.15, 0.2) is 11.4 Å². The van der Waals surface area contributed by atoms with Crippen LogP contribution < -0.4 is 5.73 Å². The van der Waals surface area contributed by atoms with E-state index in [1.54, 1.807) is 11.3 Å². The largest absolute Gasteiger partial charge is 0.391 e. The topological polar surface area (TPSA) is 46.2 Å². The van der Waals surface area contributed by atoms with Gasteiger partial charge in [-0.15, -0.1) is 11.3 Å². The Labute approximate surface area is 77.0 Å². The van der Waals surface area contributed by atoms with Gasteiger partial charge in [-0.1, -0.05) is 13.8 Å².